The number of rotatable bonds is 4. The van der Waals surface area contributed by atoms with Crippen molar-refractivity contribution in [2.75, 3.05) is 31.7 Å². The fourth-order valence-corrected chi connectivity index (χ4v) is 2.03. The van der Waals surface area contributed by atoms with Crippen molar-refractivity contribution in [2.45, 2.75) is 26.2 Å². The Morgan fingerprint density at radius 2 is 2.05 bits per heavy atom. The number of aromatic nitrogens is 2. The Morgan fingerprint density at radius 3 is 2.74 bits per heavy atom. The van der Waals surface area contributed by atoms with Crippen LogP contribution in [-0.2, 0) is 9.53 Å². The lowest BCUT2D eigenvalue weighted by Gasteiger charge is -2.26. The van der Waals surface area contributed by atoms with Crippen molar-refractivity contribution in [3.8, 4) is 5.88 Å². The highest BCUT2D eigenvalue weighted by Crippen LogP contribution is 2.19. The SMILES string of the molecule is COC(=O)COc1cc(C)nc(N2CCCCC2)n1. The van der Waals surface area contributed by atoms with Crippen molar-refractivity contribution in [3.63, 3.8) is 0 Å². The van der Waals surface area contributed by atoms with E-state index in [0.717, 1.165) is 31.6 Å². The molecular weight excluding hydrogens is 246 g/mol. The standard InChI is InChI=1S/C13H19N3O3/c1-10-8-11(19-9-12(17)18-2)15-13(14-10)16-6-4-3-5-7-16/h8H,3-7,9H2,1-2H3. The molecule has 19 heavy (non-hydrogen) atoms. The molecule has 6 heteroatoms. The highest BCUT2D eigenvalue weighted by atomic mass is 16.6. The molecule has 0 unspecified atom stereocenters. The molecular formula is C13H19N3O3. The van der Waals surface area contributed by atoms with Gasteiger partial charge in [0.15, 0.2) is 6.61 Å². The summed E-state index contributed by atoms with van der Waals surface area (Å²) in [5.41, 5.74) is 0.829. The molecule has 1 fully saturated rings. The normalized spacial score (nSPS) is 15.2. The quantitative estimate of drug-likeness (QED) is 0.765. The van der Waals surface area contributed by atoms with Crippen molar-refractivity contribution in [2.24, 2.45) is 0 Å². The molecule has 2 heterocycles. The average Bonchev–Trinajstić information content (AvgIpc) is 2.45. The molecule has 0 aromatic carbocycles. The molecule has 1 saturated heterocycles. The second-order valence-electron chi connectivity index (χ2n) is 4.56. The highest BCUT2D eigenvalue weighted by Gasteiger charge is 2.15. The van der Waals surface area contributed by atoms with Gasteiger partial charge in [-0.3, -0.25) is 0 Å². The maximum Gasteiger partial charge on any atom is 0.343 e. The summed E-state index contributed by atoms with van der Waals surface area (Å²) < 4.78 is 9.85. The number of aryl methyl sites for hydroxylation is 1. The molecule has 0 spiro atoms. The number of hydrogen-bond donors (Lipinski definition) is 0. The number of esters is 1. The minimum absolute atomic E-state index is 0.133. The lowest BCUT2D eigenvalue weighted by molar-refractivity contribution is -0.143. The Balaban J connectivity index is 2.07. The number of nitrogens with zero attached hydrogens (tertiary/aromatic N) is 3. The third kappa shape index (κ3) is 3.81. The Morgan fingerprint density at radius 1 is 1.32 bits per heavy atom. The molecule has 0 radical (unpaired) electrons. The van der Waals surface area contributed by atoms with Crippen LogP contribution < -0.4 is 9.64 Å². The van der Waals surface area contributed by atoms with Crippen molar-refractivity contribution >= 4 is 11.9 Å². The molecule has 0 saturated carbocycles. The Labute approximate surface area is 112 Å². The van der Waals surface area contributed by atoms with Gasteiger partial charge in [-0.25, -0.2) is 9.78 Å². The second-order valence-corrected chi connectivity index (χ2v) is 4.56. The highest BCUT2D eigenvalue weighted by molar-refractivity contribution is 5.70. The van der Waals surface area contributed by atoms with Crippen LogP contribution in [0.25, 0.3) is 0 Å². The summed E-state index contributed by atoms with van der Waals surface area (Å²) in [6, 6.07) is 1.72. The van der Waals surface area contributed by atoms with Crippen LogP contribution in [0.4, 0.5) is 5.95 Å². The summed E-state index contributed by atoms with van der Waals surface area (Å²) in [6.45, 7) is 3.70. The third-order valence-corrected chi connectivity index (χ3v) is 3.02. The van der Waals surface area contributed by atoms with E-state index in [4.69, 9.17) is 4.74 Å². The van der Waals surface area contributed by atoms with Gasteiger partial charge in [-0.2, -0.15) is 4.98 Å². The summed E-state index contributed by atoms with van der Waals surface area (Å²) in [7, 11) is 1.33. The Hall–Kier alpha value is -1.85. The fraction of sp³-hybridized carbons (Fsp3) is 0.615. The van der Waals surface area contributed by atoms with Gasteiger partial charge >= 0.3 is 5.97 Å². The summed E-state index contributed by atoms with van der Waals surface area (Å²) >= 11 is 0. The third-order valence-electron chi connectivity index (χ3n) is 3.02. The van der Waals surface area contributed by atoms with E-state index < -0.39 is 5.97 Å². The first-order valence-corrected chi connectivity index (χ1v) is 6.49. The van der Waals surface area contributed by atoms with Gasteiger partial charge in [0, 0.05) is 24.8 Å². The van der Waals surface area contributed by atoms with Crippen LogP contribution in [0.2, 0.25) is 0 Å². The maximum absolute atomic E-state index is 11.1. The number of piperidine rings is 1. The smallest absolute Gasteiger partial charge is 0.343 e. The second kappa shape index (κ2) is 6.36. The summed E-state index contributed by atoms with van der Waals surface area (Å²) in [6.07, 6.45) is 3.58. The average molecular weight is 265 g/mol. The molecule has 6 nitrogen and oxygen atoms in total. The topological polar surface area (TPSA) is 64.6 Å². The zero-order valence-corrected chi connectivity index (χ0v) is 11.4. The monoisotopic (exact) mass is 265 g/mol. The number of carbonyl (C=O) groups excluding carboxylic acids is 1. The molecule has 1 aliphatic heterocycles. The van der Waals surface area contributed by atoms with Crippen LogP contribution >= 0.6 is 0 Å². The van der Waals surface area contributed by atoms with E-state index in [1.54, 1.807) is 6.07 Å². The predicted molar refractivity (Wildman–Crippen MR) is 70.3 cm³/mol. The Kier molecular flexibility index (Phi) is 4.54. The number of carbonyl (C=O) groups is 1. The summed E-state index contributed by atoms with van der Waals surface area (Å²) in [5.74, 6) is 0.675. The minimum Gasteiger partial charge on any atom is -0.466 e. The van der Waals surface area contributed by atoms with Gasteiger partial charge in [0.25, 0.3) is 0 Å². The molecule has 0 bridgehead atoms. The number of methoxy groups -OCH3 is 1. The van der Waals surface area contributed by atoms with E-state index in [1.165, 1.54) is 13.5 Å². The molecule has 1 aliphatic rings. The van der Waals surface area contributed by atoms with Crippen LogP contribution in [0, 0.1) is 6.92 Å². The zero-order valence-electron chi connectivity index (χ0n) is 11.4. The van der Waals surface area contributed by atoms with E-state index in [2.05, 4.69) is 19.6 Å². The molecule has 1 aromatic rings. The molecule has 0 aliphatic carbocycles. The van der Waals surface area contributed by atoms with Crippen molar-refractivity contribution in [1.82, 2.24) is 9.97 Å². The molecule has 0 N–H and O–H groups in total. The minimum atomic E-state index is -0.421. The first kappa shape index (κ1) is 13.6. The van der Waals surface area contributed by atoms with E-state index in [9.17, 15) is 4.79 Å². The van der Waals surface area contributed by atoms with Crippen LogP contribution in [-0.4, -0.2) is 42.7 Å². The van der Waals surface area contributed by atoms with Crippen LogP contribution in [0.3, 0.4) is 0 Å². The lowest BCUT2D eigenvalue weighted by atomic mass is 10.1. The van der Waals surface area contributed by atoms with Crippen molar-refractivity contribution < 1.29 is 14.3 Å². The summed E-state index contributed by atoms with van der Waals surface area (Å²) in [5, 5.41) is 0. The van der Waals surface area contributed by atoms with Gasteiger partial charge in [0.2, 0.25) is 11.8 Å². The summed E-state index contributed by atoms with van der Waals surface area (Å²) in [4.78, 5) is 22.0. The van der Waals surface area contributed by atoms with Gasteiger partial charge < -0.3 is 14.4 Å². The van der Waals surface area contributed by atoms with Gasteiger partial charge in [-0.15, -0.1) is 0 Å². The van der Waals surface area contributed by atoms with Gasteiger partial charge in [0.1, 0.15) is 0 Å². The predicted octanol–water partition coefficient (Wildman–Crippen LogP) is 1.33. The van der Waals surface area contributed by atoms with Crippen molar-refractivity contribution in [1.29, 1.82) is 0 Å². The van der Waals surface area contributed by atoms with Crippen molar-refractivity contribution in [3.05, 3.63) is 11.8 Å². The van der Waals surface area contributed by atoms with E-state index in [-0.39, 0.29) is 6.61 Å². The van der Waals surface area contributed by atoms with Gasteiger partial charge in [-0.05, 0) is 26.2 Å². The largest absolute Gasteiger partial charge is 0.466 e. The molecule has 0 amide bonds. The Bertz CT molecular complexity index is 445. The first-order valence-electron chi connectivity index (χ1n) is 6.49. The molecule has 0 atom stereocenters. The van der Waals surface area contributed by atoms with E-state index >= 15 is 0 Å². The van der Waals surface area contributed by atoms with Crippen LogP contribution in [0.15, 0.2) is 6.07 Å². The molecule has 2 rings (SSSR count). The lowest BCUT2D eigenvalue weighted by Crippen LogP contribution is -2.31. The van der Waals surface area contributed by atoms with E-state index in [0.29, 0.717) is 11.8 Å². The van der Waals surface area contributed by atoms with Gasteiger partial charge in [0.05, 0.1) is 7.11 Å². The zero-order chi connectivity index (χ0) is 13.7. The van der Waals surface area contributed by atoms with E-state index in [1.807, 2.05) is 6.92 Å². The van der Waals surface area contributed by atoms with Crippen LogP contribution in [0.5, 0.6) is 5.88 Å². The number of anilines is 1. The fourth-order valence-electron chi connectivity index (χ4n) is 2.03. The molecule has 1 aromatic heterocycles. The number of hydrogen-bond acceptors (Lipinski definition) is 6. The van der Waals surface area contributed by atoms with Crippen LogP contribution in [0.1, 0.15) is 25.0 Å². The number of ether oxygens (including phenoxy) is 2. The first-order chi connectivity index (χ1) is 9.19. The molecule has 104 valence electrons. The van der Waals surface area contributed by atoms with Gasteiger partial charge in [-0.1, -0.05) is 0 Å². The maximum atomic E-state index is 11.1.